The van der Waals surface area contributed by atoms with Gasteiger partial charge in [-0.05, 0) is 36.4 Å². The molecule has 0 aliphatic carbocycles. The molecular weight excluding hydrogens is 310 g/mol. The summed E-state index contributed by atoms with van der Waals surface area (Å²) in [5.41, 5.74) is 0.869. The zero-order chi connectivity index (χ0) is 15.9. The Labute approximate surface area is 138 Å². The second kappa shape index (κ2) is 7.69. The second-order valence-electron chi connectivity index (χ2n) is 5.08. The normalized spacial score (nSPS) is 10.6. The Morgan fingerprint density at radius 2 is 2.00 bits per heavy atom. The van der Waals surface area contributed by atoms with Crippen LogP contribution in [0.15, 0.2) is 52.3 Å². The molecule has 1 amide bonds. The van der Waals surface area contributed by atoms with E-state index in [-0.39, 0.29) is 12.5 Å². The molecule has 5 nitrogen and oxygen atoms in total. The Morgan fingerprint density at radius 3 is 2.78 bits per heavy atom. The number of nitrogens with one attached hydrogen (secondary N) is 1. The van der Waals surface area contributed by atoms with Crippen LogP contribution in [-0.2, 0) is 17.8 Å². The molecule has 1 N–H and O–H groups in total. The number of aryl methyl sites for hydroxylation is 1. The van der Waals surface area contributed by atoms with Gasteiger partial charge in [0.2, 0.25) is 17.7 Å². The molecule has 6 heteroatoms. The van der Waals surface area contributed by atoms with Gasteiger partial charge in [0.15, 0.2) is 0 Å². The highest BCUT2D eigenvalue weighted by Gasteiger charge is 2.09. The number of rotatable bonds is 7. The van der Waals surface area contributed by atoms with Crippen molar-refractivity contribution in [3.63, 3.8) is 0 Å². The maximum absolute atomic E-state index is 11.8. The largest absolute Gasteiger partial charge is 0.419 e. The summed E-state index contributed by atoms with van der Waals surface area (Å²) in [7, 11) is 0. The highest BCUT2D eigenvalue weighted by Crippen LogP contribution is 2.16. The Balaban J connectivity index is 1.43. The summed E-state index contributed by atoms with van der Waals surface area (Å²) in [6.45, 7) is 0.262. The SMILES string of the molecule is O=C(CCCc1cccs1)NCc1nnc(-c2ccccc2)o1. The minimum absolute atomic E-state index is 0.000942. The molecule has 118 valence electrons. The molecule has 0 spiro atoms. The predicted molar refractivity (Wildman–Crippen MR) is 88.8 cm³/mol. The molecule has 2 heterocycles. The van der Waals surface area contributed by atoms with Crippen molar-refractivity contribution in [3.05, 3.63) is 58.6 Å². The van der Waals surface area contributed by atoms with Crippen LogP contribution in [0.5, 0.6) is 0 Å². The van der Waals surface area contributed by atoms with Gasteiger partial charge in [-0.3, -0.25) is 4.79 Å². The highest BCUT2D eigenvalue weighted by atomic mass is 32.1. The fraction of sp³-hybridized carbons (Fsp3) is 0.235. The molecule has 0 atom stereocenters. The molecule has 0 fully saturated rings. The number of hydrogen-bond donors (Lipinski definition) is 1. The van der Waals surface area contributed by atoms with Gasteiger partial charge in [-0.1, -0.05) is 24.3 Å². The van der Waals surface area contributed by atoms with E-state index in [4.69, 9.17) is 4.42 Å². The van der Waals surface area contributed by atoms with E-state index in [1.54, 1.807) is 11.3 Å². The number of aromatic nitrogens is 2. The molecule has 23 heavy (non-hydrogen) atoms. The third-order valence-electron chi connectivity index (χ3n) is 3.33. The number of nitrogens with zero attached hydrogens (tertiary/aromatic N) is 2. The van der Waals surface area contributed by atoms with Gasteiger partial charge in [-0.25, -0.2) is 0 Å². The summed E-state index contributed by atoms with van der Waals surface area (Å²) in [6, 6.07) is 13.7. The van der Waals surface area contributed by atoms with Gasteiger partial charge in [-0.2, -0.15) is 0 Å². The molecule has 1 aromatic carbocycles. The summed E-state index contributed by atoms with van der Waals surface area (Å²) >= 11 is 1.72. The maximum atomic E-state index is 11.8. The van der Waals surface area contributed by atoms with Gasteiger partial charge in [0.25, 0.3) is 0 Å². The Morgan fingerprint density at radius 1 is 1.13 bits per heavy atom. The first-order chi connectivity index (χ1) is 11.3. The summed E-state index contributed by atoms with van der Waals surface area (Å²) in [5, 5.41) is 12.8. The average molecular weight is 327 g/mol. The van der Waals surface area contributed by atoms with Crippen molar-refractivity contribution in [1.82, 2.24) is 15.5 Å². The van der Waals surface area contributed by atoms with Crippen molar-refractivity contribution in [1.29, 1.82) is 0 Å². The number of carbonyl (C=O) groups is 1. The molecule has 0 radical (unpaired) electrons. The molecule has 0 saturated heterocycles. The summed E-state index contributed by atoms with van der Waals surface area (Å²) in [4.78, 5) is 13.1. The van der Waals surface area contributed by atoms with Crippen LogP contribution in [0.4, 0.5) is 0 Å². The molecule has 0 saturated carbocycles. The molecule has 0 aliphatic heterocycles. The topological polar surface area (TPSA) is 68.0 Å². The number of thiophene rings is 1. The molecule has 3 rings (SSSR count). The Kier molecular flexibility index (Phi) is 5.16. The van der Waals surface area contributed by atoms with Gasteiger partial charge >= 0.3 is 0 Å². The van der Waals surface area contributed by atoms with E-state index in [0.29, 0.717) is 18.2 Å². The van der Waals surface area contributed by atoms with Crippen molar-refractivity contribution in [2.24, 2.45) is 0 Å². The average Bonchev–Trinajstić information content (AvgIpc) is 3.25. The predicted octanol–water partition coefficient (Wildman–Crippen LogP) is 3.44. The third kappa shape index (κ3) is 4.50. The van der Waals surface area contributed by atoms with Crippen LogP contribution in [0.1, 0.15) is 23.6 Å². The summed E-state index contributed by atoms with van der Waals surface area (Å²) < 4.78 is 5.55. The number of benzene rings is 1. The van der Waals surface area contributed by atoms with Crippen molar-refractivity contribution >= 4 is 17.2 Å². The molecule has 3 aromatic rings. The maximum Gasteiger partial charge on any atom is 0.247 e. The van der Waals surface area contributed by atoms with E-state index in [1.165, 1.54) is 4.88 Å². The van der Waals surface area contributed by atoms with Gasteiger partial charge in [0.05, 0.1) is 6.54 Å². The fourth-order valence-electron chi connectivity index (χ4n) is 2.16. The third-order valence-corrected chi connectivity index (χ3v) is 4.27. The minimum atomic E-state index is 0.000942. The van der Waals surface area contributed by atoms with Crippen LogP contribution in [0.25, 0.3) is 11.5 Å². The van der Waals surface area contributed by atoms with Crippen LogP contribution in [-0.4, -0.2) is 16.1 Å². The van der Waals surface area contributed by atoms with Crippen LogP contribution in [0, 0.1) is 0 Å². The van der Waals surface area contributed by atoms with Crippen molar-refractivity contribution < 1.29 is 9.21 Å². The van der Waals surface area contributed by atoms with Crippen LogP contribution in [0.2, 0.25) is 0 Å². The zero-order valence-corrected chi connectivity index (χ0v) is 13.4. The lowest BCUT2D eigenvalue weighted by Crippen LogP contribution is -2.22. The van der Waals surface area contributed by atoms with Crippen LogP contribution < -0.4 is 5.32 Å². The molecule has 0 unspecified atom stereocenters. The first kappa shape index (κ1) is 15.4. The summed E-state index contributed by atoms with van der Waals surface area (Å²) in [6.07, 6.45) is 2.27. The van der Waals surface area contributed by atoms with Crippen LogP contribution in [0.3, 0.4) is 0 Å². The lowest BCUT2D eigenvalue weighted by atomic mass is 10.2. The van der Waals surface area contributed by atoms with E-state index >= 15 is 0 Å². The first-order valence-corrected chi connectivity index (χ1v) is 8.36. The van der Waals surface area contributed by atoms with Gasteiger partial charge in [-0.15, -0.1) is 21.5 Å². The molecular formula is C17H17N3O2S. The second-order valence-corrected chi connectivity index (χ2v) is 6.11. The van der Waals surface area contributed by atoms with E-state index in [9.17, 15) is 4.79 Å². The standard InChI is InChI=1S/C17H17N3O2S/c21-15(10-4-8-14-9-5-11-23-14)18-12-16-19-20-17(22-16)13-6-2-1-3-7-13/h1-3,5-7,9,11H,4,8,10,12H2,(H,18,21). The lowest BCUT2D eigenvalue weighted by Gasteiger charge is -2.01. The molecule has 0 aliphatic rings. The van der Waals surface area contributed by atoms with E-state index in [1.807, 2.05) is 36.4 Å². The summed E-state index contributed by atoms with van der Waals surface area (Å²) in [5.74, 6) is 0.879. The Bertz CT molecular complexity index is 738. The van der Waals surface area contributed by atoms with Crippen LogP contribution >= 0.6 is 11.3 Å². The first-order valence-electron chi connectivity index (χ1n) is 7.48. The number of hydrogen-bond acceptors (Lipinski definition) is 5. The van der Waals surface area contributed by atoms with E-state index in [0.717, 1.165) is 18.4 Å². The van der Waals surface area contributed by atoms with E-state index < -0.39 is 0 Å². The van der Waals surface area contributed by atoms with Crippen molar-refractivity contribution in [2.75, 3.05) is 0 Å². The zero-order valence-electron chi connectivity index (χ0n) is 12.6. The Hall–Kier alpha value is -2.47. The van der Waals surface area contributed by atoms with Crippen molar-refractivity contribution in [2.45, 2.75) is 25.8 Å². The lowest BCUT2D eigenvalue weighted by molar-refractivity contribution is -0.121. The fourth-order valence-corrected chi connectivity index (χ4v) is 2.91. The van der Waals surface area contributed by atoms with E-state index in [2.05, 4.69) is 27.0 Å². The van der Waals surface area contributed by atoms with Gasteiger partial charge < -0.3 is 9.73 Å². The van der Waals surface area contributed by atoms with Crippen molar-refractivity contribution in [3.8, 4) is 11.5 Å². The quantitative estimate of drug-likeness (QED) is 0.722. The number of carbonyl (C=O) groups excluding carboxylic acids is 1. The minimum Gasteiger partial charge on any atom is -0.419 e. The molecule has 0 bridgehead atoms. The highest BCUT2D eigenvalue weighted by molar-refractivity contribution is 7.09. The van der Waals surface area contributed by atoms with Gasteiger partial charge in [0, 0.05) is 16.9 Å². The number of amides is 1. The van der Waals surface area contributed by atoms with Gasteiger partial charge in [0.1, 0.15) is 0 Å². The smallest absolute Gasteiger partial charge is 0.247 e. The molecule has 2 aromatic heterocycles. The monoisotopic (exact) mass is 327 g/mol.